The van der Waals surface area contributed by atoms with Gasteiger partial charge >= 0.3 is 0 Å². The van der Waals surface area contributed by atoms with Gasteiger partial charge in [-0.1, -0.05) is 42.3 Å². The Hall–Kier alpha value is -2.05. The van der Waals surface area contributed by atoms with Gasteiger partial charge in [0.2, 0.25) is 15.9 Å². The molecule has 0 heterocycles. The molecule has 0 radical (unpaired) electrons. The molecule has 0 aliphatic heterocycles. The molecule has 7 heteroatoms. The summed E-state index contributed by atoms with van der Waals surface area (Å²) in [6.45, 7) is 9.46. The molecular formula is C21H27ClN2O3S. The fraction of sp³-hybridized carbons (Fsp3) is 0.381. The van der Waals surface area contributed by atoms with Gasteiger partial charge in [0.25, 0.3) is 0 Å². The number of rotatable bonds is 6. The largest absolute Gasteiger partial charge is 0.324 e. The molecule has 2 aromatic rings. The highest BCUT2D eigenvalue weighted by atomic mass is 35.5. The van der Waals surface area contributed by atoms with E-state index in [1.165, 1.54) is 0 Å². The Bertz CT molecular complexity index is 980. The third-order valence-electron chi connectivity index (χ3n) is 4.66. The minimum atomic E-state index is -3.71. The Morgan fingerprint density at radius 3 is 2.11 bits per heavy atom. The third kappa shape index (κ3) is 4.86. The maximum Gasteiger partial charge on any atom is 0.248 e. The van der Waals surface area contributed by atoms with Crippen molar-refractivity contribution in [2.24, 2.45) is 0 Å². The van der Waals surface area contributed by atoms with Crippen LogP contribution in [0.25, 0.3) is 0 Å². The van der Waals surface area contributed by atoms with Crippen molar-refractivity contribution in [3.05, 3.63) is 57.6 Å². The van der Waals surface area contributed by atoms with Gasteiger partial charge in [-0.2, -0.15) is 0 Å². The van der Waals surface area contributed by atoms with E-state index in [1.807, 2.05) is 39.8 Å². The summed E-state index contributed by atoms with van der Waals surface area (Å²) in [5.41, 5.74) is 4.89. The highest BCUT2D eigenvalue weighted by molar-refractivity contribution is 7.92. The van der Waals surface area contributed by atoms with Crippen LogP contribution in [0.2, 0.25) is 5.02 Å². The number of nitrogens with zero attached hydrogens (tertiary/aromatic N) is 1. The molecule has 0 aliphatic carbocycles. The quantitative estimate of drug-likeness (QED) is 0.729. The molecule has 0 fully saturated rings. The van der Waals surface area contributed by atoms with Gasteiger partial charge in [0, 0.05) is 10.7 Å². The monoisotopic (exact) mass is 422 g/mol. The first-order chi connectivity index (χ1) is 13.0. The summed E-state index contributed by atoms with van der Waals surface area (Å²) in [6, 6.07) is 8.06. The molecule has 1 atom stereocenters. The Labute approximate surface area is 172 Å². The van der Waals surface area contributed by atoms with Crippen LogP contribution in [0.4, 0.5) is 11.4 Å². The number of nitrogens with one attached hydrogen (secondary N) is 1. The van der Waals surface area contributed by atoms with Gasteiger partial charge in [-0.15, -0.1) is 0 Å². The van der Waals surface area contributed by atoms with Crippen molar-refractivity contribution in [1.82, 2.24) is 0 Å². The lowest BCUT2D eigenvalue weighted by molar-refractivity contribution is -0.117. The van der Waals surface area contributed by atoms with Gasteiger partial charge in [0.1, 0.15) is 6.04 Å². The Kier molecular flexibility index (Phi) is 6.78. The SMILES string of the molecule is CCC(C(=O)Nc1c(C)cc(C)cc1C)N(c1ccc(C)c(Cl)c1)S(C)(=O)=O. The van der Waals surface area contributed by atoms with Gasteiger partial charge in [0.15, 0.2) is 0 Å². The number of carbonyl (C=O) groups excluding carboxylic acids is 1. The fourth-order valence-electron chi connectivity index (χ4n) is 3.36. The van der Waals surface area contributed by atoms with Crippen molar-refractivity contribution in [1.29, 1.82) is 0 Å². The fourth-order valence-corrected chi connectivity index (χ4v) is 4.74. The highest BCUT2D eigenvalue weighted by Crippen LogP contribution is 2.29. The van der Waals surface area contributed by atoms with Crippen LogP contribution in [0.1, 0.15) is 35.6 Å². The Morgan fingerprint density at radius 1 is 1.07 bits per heavy atom. The highest BCUT2D eigenvalue weighted by Gasteiger charge is 2.32. The van der Waals surface area contributed by atoms with E-state index in [4.69, 9.17) is 11.6 Å². The van der Waals surface area contributed by atoms with Crippen LogP contribution in [-0.2, 0) is 14.8 Å². The number of amides is 1. The lowest BCUT2D eigenvalue weighted by Crippen LogP contribution is -2.47. The molecule has 0 spiro atoms. The van der Waals surface area contributed by atoms with Crippen LogP contribution in [-0.4, -0.2) is 26.6 Å². The van der Waals surface area contributed by atoms with Crippen molar-refractivity contribution in [3.63, 3.8) is 0 Å². The number of anilines is 2. The normalized spacial score (nSPS) is 12.5. The molecular weight excluding hydrogens is 396 g/mol. The van der Waals surface area contributed by atoms with Crippen molar-refractivity contribution < 1.29 is 13.2 Å². The minimum absolute atomic E-state index is 0.314. The maximum atomic E-state index is 13.1. The van der Waals surface area contributed by atoms with E-state index < -0.39 is 16.1 Å². The van der Waals surface area contributed by atoms with E-state index in [9.17, 15) is 13.2 Å². The summed E-state index contributed by atoms with van der Waals surface area (Å²) in [4.78, 5) is 13.1. The standard InChI is InChI=1S/C21H27ClN2O3S/c1-7-19(21(25)23-20-15(4)10-13(2)11-16(20)5)24(28(6,26)27)17-9-8-14(3)18(22)12-17/h8-12,19H,7H2,1-6H3,(H,23,25). The summed E-state index contributed by atoms with van der Waals surface area (Å²) < 4.78 is 26.3. The molecule has 5 nitrogen and oxygen atoms in total. The summed E-state index contributed by atoms with van der Waals surface area (Å²) in [6.07, 6.45) is 1.41. The molecule has 28 heavy (non-hydrogen) atoms. The van der Waals surface area contributed by atoms with Crippen LogP contribution in [0.5, 0.6) is 0 Å². The Morgan fingerprint density at radius 2 is 1.64 bits per heavy atom. The van der Waals surface area contributed by atoms with E-state index in [1.54, 1.807) is 25.1 Å². The molecule has 1 unspecified atom stereocenters. The van der Waals surface area contributed by atoms with Gasteiger partial charge in [0.05, 0.1) is 11.9 Å². The molecule has 0 aliphatic rings. The van der Waals surface area contributed by atoms with Crippen molar-refractivity contribution in [2.45, 2.75) is 47.1 Å². The predicted molar refractivity (Wildman–Crippen MR) is 117 cm³/mol. The second-order valence-electron chi connectivity index (χ2n) is 7.18. The first-order valence-corrected chi connectivity index (χ1v) is 11.3. The summed E-state index contributed by atoms with van der Waals surface area (Å²) in [7, 11) is -3.71. The molecule has 0 bridgehead atoms. The van der Waals surface area contributed by atoms with Gasteiger partial charge in [-0.3, -0.25) is 9.10 Å². The number of halogens is 1. The Balaban J connectivity index is 2.46. The maximum absolute atomic E-state index is 13.1. The van der Waals surface area contributed by atoms with E-state index in [0.717, 1.165) is 32.8 Å². The topological polar surface area (TPSA) is 66.5 Å². The number of sulfonamides is 1. The van der Waals surface area contributed by atoms with Crippen molar-refractivity contribution >= 4 is 38.9 Å². The molecule has 0 saturated heterocycles. The third-order valence-corrected chi connectivity index (χ3v) is 6.25. The average molecular weight is 423 g/mol. The van der Waals surface area contributed by atoms with E-state index in [-0.39, 0.29) is 5.91 Å². The second-order valence-corrected chi connectivity index (χ2v) is 9.45. The van der Waals surface area contributed by atoms with Crippen LogP contribution in [0.3, 0.4) is 0 Å². The zero-order valence-electron chi connectivity index (χ0n) is 17.1. The summed E-state index contributed by atoms with van der Waals surface area (Å²) >= 11 is 6.20. The number of aryl methyl sites for hydroxylation is 4. The lowest BCUT2D eigenvalue weighted by atomic mass is 10.0. The summed E-state index contributed by atoms with van der Waals surface area (Å²) in [5.74, 6) is -0.375. The van der Waals surface area contributed by atoms with Gasteiger partial charge < -0.3 is 5.32 Å². The second kappa shape index (κ2) is 8.53. The number of hydrogen-bond donors (Lipinski definition) is 1. The summed E-state index contributed by atoms with van der Waals surface area (Å²) in [5, 5.41) is 3.38. The molecule has 2 rings (SSSR count). The van der Waals surface area contributed by atoms with Crippen LogP contribution in [0.15, 0.2) is 30.3 Å². The molecule has 1 amide bonds. The first-order valence-electron chi connectivity index (χ1n) is 9.10. The number of carbonyl (C=O) groups is 1. The smallest absolute Gasteiger partial charge is 0.248 e. The zero-order valence-corrected chi connectivity index (χ0v) is 18.7. The molecule has 2 aromatic carbocycles. The lowest BCUT2D eigenvalue weighted by Gasteiger charge is -2.30. The van der Waals surface area contributed by atoms with Crippen molar-refractivity contribution in [2.75, 3.05) is 15.9 Å². The molecule has 1 N–H and O–H groups in total. The van der Waals surface area contributed by atoms with E-state index in [0.29, 0.717) is 22.8 Å². The van der Waals surface area contributed by atoms with E-state index in [2.05, 4.69) is 5.32 Å². The molecule has 0 aromatic heterocycles. The first kappa shape index (κ1) is 22.2. The van der Waals surface area contributed by atoms with Crippen molar-refractivity contribution in [3.8, 4) is 0 Å². The molecule has 0 saturated carbocycles. The zero-order chi connectivity index (χ0) is 21.2. The van der Waals surface area contributed by atoms with E-state index >= 15 is 0 Å². The predicted octanol–water partition coefficient (Wildman–Crippen LogP) is 4.76. The number of benzene rings is 2. The van der Waals surface area contributed by atoms with Crippen LogP contribution < -0.4 is 9.62 Å². The van der Waals surface area contributed by atoms with Gasteiger partial charge in [-0.25, -0.2) is 8.42 Å². The molecule has 152 valence electrons. The minimum Gasteiger partial charge on any atom is -0.324 e. The average Bonchev–Trinajstić information content (AvgIpc) is 2.57. The number of hydrogen-bond acceptors (Lipinski definition) is 3. The van der Waals surface area contributed by atoms with Crippen LogP contribution >= 0.6 is 11.6 Å². The van der Waals surface area contributed by atoms with Crippen LogP contribution in [0, 0.1) is 27.7 Å². The van der Waals surface area contributed by atoms with Gasteiger partial charge in [-0.05, 0) is 62.9 Å².